The lowest BCUT2D eigenvalue weighted by Gasteiger charge is -2.11. The molecule has 1 aromatic rings. The van der Waals surface area contributed by atoms with Crippen molar-refractivity contribution in [1.29, 1.82) is 5.26 Å². The molecule has 1 fully saturated rings. The first kappa shape index (κ1) is 12.3. The largest absolute Gasteiger partial charge is 0.381 e. The molecule has 1 atom stereocenters. The maximum absolute atomic E-state index is 10.9. The minimum absolute atomic E-state index is 0.00656. The van der Waals surface area contributed by atoms with Crippen LogP contribution in [0.1, 0.15) is 12.0 Å². The summed E-state index contributed by atoms with van der Waals surface area (Å²) in [6.45, 7) is 2.04. The predicted octanol–water partition coefficient (Wildman–Crippen LogP) is 1.91. The van der Waals surface area contributed by atoms with Crippen LogP contribution in [-0.4, -0.2) is 24.7 Å². The molecule has 0 spiro atoms. The summed E-state index contributed by atoms with van der Waals surface area (Å²) in [6, 6.07) is 6.28. The van der Waals surface area contributed by atoms with Gasteiger partial charge in [0.2, 0.25) is 0 Å². The van der Waals surface area contributed by atoms with Gasteiger partial charge >= 0.3 is 0 Å². The molecule has 1 saturated heterocycles. The van der Waals surface area contributed by atoms with Gasteiger partial charge in [0.25, 0.3) is 5.69 Å². The molecule has 2 rings (SSSR count). The molecule has 1 unspecified atom stereocenters. The molecule has 1 aliphatic heterocycles. The van der Waals surface area contributed by atoms with Gasteiger partial charge in [-0.2, -0.15) is 5.26 Å². The fourth-order valence-electron chi connectivity index (χ4n) is 1.91. The molecule has 94 valence electrons. The number of nitro benzene ring substituents is 1. The van der Waals surface area contributed by atoms with Gasteiger partial charge in [-0.1, -0.05) is 0 Å². The summed E-state index contributed by atoms with van der Waals surface area (Å²) >= 11 is 0. The van der Waals surface area contributed by atoms with Gasteiger partial charge in [-0.05, 0) is 18.6 Å². The van der Waals surface area contributed by atoms with Crippen LogP contribution in [0, 0.1) is 27.4 Å². The topological polar surface area (TPSA) is 88.2 Å². The van der Waals surface area contributed by atoms with Crippen molar-refractivity contribution in [3.63, 3.8) is 0 Å². The lowest BCUT2D eigenvalue weighted by Crippen LogP contribution is -2.15. The van der Waals surface area contributed by atoms with Gasteiger partial charge in [0.1, 0.15) is 5.69 Å². The quantitative estimate of drug-likeness (QED) is 0.648. The number of nitro groups is 1. The number of ether oxygens (including phenoxy) is 1. The molecule has 1 heterocycles. The second kappa shape index (κ2) is 5.47. The molecular formula is C12H13N3O3. The second-order valence-electron chi connectivity index (χ2n) is 4.21. The highest BCUT2D eigenvalue weighted by molar-refractivity contribution is 5.64. The standard InChI is InChI=1S/C12H13N3O3/c13-6-9-1-2-12(15(16)17)11(5-9)14-7-10-3-4-18-8-10/h1-2,5,10,14H,3-4,7-8H2. The lowest BCUT2D eigenvalue weighted by atomic mass is 10.1. The smallest absolute Gasteiger partial charge is 0.292 e. The molecule has 0 amide bonds. The Bertz CT molecular complexity index is 490. The Balaban J connectivity index is 2.13. The van der Waals surface area contributed by atoms with Gasteiger partial charge in [-0.15, -0.1) is 0 Å². The first-order valence-electron chi connectivity index (χ1n) is 5.71. The molecule has 1 N–H and O–H groups in total. The molecule has 1 aromatic carbocycles. The minimum Gasteiger partial charge on any atom is -0.381 e. The molecule has 6 nitrogen and oxygen atoms in total. The summed E-state index contributed by atoms with van der Waals surface area (Å²) in [5.41, 5.74) is 0.796. The molecule has 0 aliphatic carbocycles. The molecule has 1 aliphatic rings. The number of benzene rings is 1. The predicted molar refractivity (Wildman–Crippen MR) is 65.2 cm³/mol. The van der Waals surface area contributed by atoms with Crippen molar-refractivity contribution in [2.75, 3.05) is 25.1 Å². The van der Waals surface area contributed by atoms with Crippen LogP contribution in [0.2, 0.25) is 0 Å². The second-order valence-corrected chi connectivity index (χ2v) is 4.21. The number of nitrogens with one attached hydrogen (secondary N) is 1. The molecule has 6 heteroatoms. The Labute approximate surface area is 104 Å². The normalized spacial score (nSPS) is 18.3. The third kappa shape index (κ3) is 2.76. The van der Waals surface area contributed by atoms with Crippen LogP contribution in [0.5, 0.6) is 0 Å². The van der Waals surface area contributed by atoms with E-state index in [1.54, 1.807) is 0 Å². The van der Waals surface area contributed by atoms with E-state index >= 15 is 0 Å². The van der Waals surface area contributed by atoms with Crippen molar-refractivity contribution in [3.8, 4) is 6.07 Å². The van der Waals surface area contributed by atoms with Crippen molar-refractivity contribution >= 4 is 11.4 Å². The fourth-order valence-corrected chi connectivity index (χ4v) is 1.91. The minimum atomic E-state index is -0.450. The number of rotatable bonds is 4. The van der Waals surface area contributed by atoms with Crippen molar-refractivity contribution in [1.82, 2.24) is 0 Å². The summed E-state index contributed by atoms with van der Waals surface area (Å²) in [5.74, 6) is 0.371. The number of nitriles is 1. The van der Waals surface area contributed by atoms with Crippen molar-refractivity contribution in [3.05, 3.63) is 33.9 Å². The van der Waals surface area contributed by atoms with Gasteiger partial charge < -0.3 is 10.1 Å². The molecule has 0 saturated carbocycles. The zero-order valence-electron chi connectivity index (χ0n) is 9.76. The summed E-state index contributed by atoms with van der Waals surface area (Å²) in [5, 5.41) is 22.7. The van der Waals surface area contributed by atoms with Crippen LogP contribution in [0.15, 0.2) is 18.2 Å². The first-order valence-corrected chi connectivity index (χ1v) is 5.71. The Morgan fingerprint density at radius 2 is 2.44 bits per heavy atom. The van der Waals surface area contributed by atoms with E-state index in [-0.39, 0.29) is 5.69 Å². The highest BCUT2D eigenvalue weighted by Crippen LogP contribution is 2.26. The van der Waals surface area contributed by atoms with Crippen LogP contribution in [-0.2, 0) is 4.74 Å². The maximum Gasteiger partial charge on any atom is 0.292 e. The molecule has 0 radical (unpaired) electrons. The SMILES string of the molecule is N#Cc1ccc([N+](=O)[O-])c(NCC2CCOC2)c1. The summed E-state index contributed by atoms with van der Waals surface area (Å²) in [6.07, 6.45) is 0.957. The zero-order chi connectivity index (χ0) is 13.0. The van der Waals surface area contributed by atoms with E-state index in [1.807, 2.05) is 6.07 Å². The summed E-state index contributed by atoms with van der Waals surface area (Å²) < 4.78 is 5.24. The van der Waals surface area contributed by atoms with E-state index in [9.17, 15) is 10.1 Å². The Hall–Kier alpha value is -2.13. The van der Waals surface area contributed by atoms with E-state index in [2.05, 4.69) is 5.32 Å². The maximum atomic E-state index is 10.9. The summed E-state index contributed by atoms with van der Waals surface area (Å²) in [7, 11) is 0. The number of hydrogen-bond acceptors (Lipinski definition) is 5. The van der Waals surface area contributed by atoms with Gasteiger partial charge in [0.15, 0.2) is 0 Å². The van der Waals surface area contributed by atoms with Crippen LogP contribution in [0.3, 0.4) is 0 Å². The highest BCUT2D eigenvalue weighted by atomic mass is 16.6. The average molecular weight is 247 g/mol. The molecule has 18 heavy (non-hydrogen) atoms. The van der Waals surface area contributed by atoms with E-state index in [1.165, 1.54) is 18.2 Å². The monoisotopic (exact) mass is 247 g/mol. The Morgan fingerprint density at radius 1 is 1.61 bits per heavy atom. The van der Waals surface area contributed by atoms with Gasteiger partial charge in [0, 0.05) is 25.1 Å². The molecular weight excluding hydrogens is 234 g/mol. The van der Waals surface area contributed by atoms with Crippen molar-refractivity contribution < 1.29 is 9.66 Å². The third-order valence-corrected chi connectivity index (χ3v) is 2.93. The highest BCUT2D eigenvalue weighted by Gasteiger charge is 2.18. The van der Waals surface area contributed by atoms with Gasteiger partial charge in [-0.25, -0.2) is 0 Å². The van der Waals surface area contributed by atoms with Crippen LogP contribution in [0.4, 0.5) is 11.4 Å². The van der Waals surface area contributed by atoms with Crippen molar-refractivity contribution in [2.24, 2.45) is 5.92 Å². The molecule has 0 bridgehead atoms. The number of nitrogens with zero attached hydrogens (tertiary/aromatic N) is 2. The summed E-state index contributed by atoms with van der Waals surface area (Å²) in [4.78, 5) is 10.4. The molecule has 0 aromatic heterocycles. The third-order valence-electron chi connectivity index (χ3n) is 2.93. The Kier molecular flexibility index (Phi) is 3.75. The Morgan fingerprint density at radius 3 is 3.06 bits per heavy atom. The van der Waals surface area contributed by atoms with E-state index in [0.717, 1.165) is 13.0 Å². The van der Waals surface area contributed by atoms with Crippen LogP contribution >= 0.6 is 0 Å². The number of hydrogen-bond donors (Lipinski definition) is 1. The van der Waals surface area contributed by atoms with Crippen molar-refractivity contribution in [2.45, 2.75) is 6.42 Å². The zero-order valence-corrected chi connectivity index (χ0v) is 9.76. The van der Waals surface area contributed by atoms with Crippen LogP contribution in [0.25, 0.3) is 0 Å². The van der Waals surface area contributed by atoms with E-state index < -0.39 is 4.92 Å². The lowest BCUT2D eigenvalue weighted by molar-refractivity contribution is -0.384. The average Bonchev–Trinajstić information content (AvgIpc) is 2.88. The van der Waals surface area contributed by atoms with Crippen LogP contribution < -0.4 is 5.32 Å². The van der Waals surface area contributed by atoms with E-state index in [0.29, 0.717) is 30.3 Å². The fraction of sp³-hybridized carbons (Fsp3) is 0.417. The van der Waals surface area contributed by atoms with Gasteiger partial charge in [-0.3, -0.25) is 10.1 Å². The first-order chi connectivity index (χ1) is 8.70. The van der Waals surface area contributed by atoms with E-state index in [4.69, 9.17) is 10.00 Å². The number of anilines is 1. The van der Waals surface area contributed by atoms with Gasteiger partial charge in [0.05, 0.1) is 23.2 Å².